The van der Waals surface area contributed by atoms with Crippen LogP contribution in [-0.2, 0) is 11.2 Å². The highest BCUT2D eigenvalue weighted by atomic mass is 35.5. The number of fused-ring (bicyclic) bond motifs is 1. The summed E-state index contributed by atoms with van der Waals surface area (Å²) >= 11 is 11.7. The molecule has 0 atom stereocenters. The van der Waals surface area contributed by atoms with E-state index in [2.05, 4.69) is 0 Å². The molecule has 1 aromatic heterocycles. The normalized spacial score (nSPS) is 10.8. The first-order valence-corrected chi connectivity index (χ1v) is 4.90. The topological polar surface area (TPSA) is 50.4 Å². The maximum absolute atomic E-state index is 10.6. The zero-order chi connectivity index (χ0) is 11.0. The Morgan fingerprint density at radius 1 is 1.40 bits per heavy atom. The third kappa shape index (κ3) is 1.94. The first kappa shape index (κ1) is 10.3. The number of halogens is 2. The highest BCUT2D eigenvalue weighted by Crippen LogP contribution is 2.32. The van der Waals surface area contributed by atoms with E-state index < -0.39 is 5.97 Å². The highest BCUT2D eigenvalue weighted by Gasteiger charge is 2.13. The summed E-state index contributed by atoms with van der Waals surface area (Å²) < 4.78 is 5.18. The van der Waals surface area contributed by atoms with Gasteiger partial charge in [-0.25, -0.2) is 0 Å². The molecule has 78 valence electrons. The van der Waals surface area contributed by atoms with Gasteiger partial charge in [-0.1, -0.05) is 23.2 Å². The first-order valence-electron chi connectivity index (χ1n) is 4.15. The van der Waals surface area contributed by atoms with E-state index in [4.69, 9.17) is 32.7 Å². The summed E-state index contributed by atoms with van der Waals surface area (Å²) in [4.78, 5) is 10.6. The fraction of sp³-hybridized carbons (Fsp3) is 0.100. The van der Waals surface area contributed by atoms with Gasteiger partial charge in [0.1, 0.15) is 5.58 Å². The van der Waals surface area contributed by atoms with Crippen molar-refractivity contribution in [3.63, 3.8) is 0 Å². The molecule has 0 radical (unpaired) electrons. The lowest BCUT2D eigenvalue weighted by molar-refractivity contribution is -0.136. The molecule has 1 heterocycles. The Balaban J connectivity index is 2.63. The number of hydrogen-bond donors (Lipinski definition) is 1. The number of carboxylic acids is 1. The van der Waals surface area contributed by atoms with Crippen molar-refractivity contribution in [2.45, 2.75) is 6.42 Å². The van der Waals surface area contributed by atoms with Crippen LogP contribution in [0.4, 0.5) is 0 Å². The molecule has 0 fully saturated rings. The summed E-state index contributed by atoms with van der Waals surface area (Å²) in [7, 11) is 0. The molecule has 3 nitrogen and oxygen atoms in total. The number of furan rings is 1. The lowest BCUT2D eigenvalue weighted by Crippen LogP contribution is -1.98. The van der Waals surface area contributed by atoms with Gasteiger partial charge in [0.15, 0.2) is 0 Å². The predicted molar refractivity (Wildman–Crippen MR) is 57.6 cm³/mol. The minimum Gasteiger partial charge on any atom is -0.481 e. The van der Waals surface area contributed by atoms with Gasteiger partial charge in [-0.15, -0.1) is 0 Å². The van der Waals surface area contributed by atoms with Crippen molar-refractivity contribution in [3.8, 4) is 0 Å². The maximum Gasteiger partial charge on any atom is 0.307 e. The number of carbonyl (C=O) groups is 1. The monoisotopic (exact) mass is 244 g/mol. The van der Waals surface area contributed by atoms with Crippen molar-refractivity contribution in [1.82, 2.24) is 0 Å². The summed E-state index contributed by atoms with van der Waals surface area (Å²) in [6.07, 6.45) is 1.27. The molecule has 0 aliphatic heterocycles. The lowest BCUT2D eigenvalue weighted by Gasteiger charge is -1.97. The van der Waals surface area contributed by atoms with Crippen LogP contribution in [0.15, 0.2) is 22.8 Å². The SMILES string of the molecule is O=C(O)Cc1coc2cc(Cl)cc(Cl)c12. The van der Waals surface area contributed by atoms with Crippen molar-refractivity contribution in [2.75, 3.05) is 0 Å². The molecule has 0 saturated carbocycles. The van der Waals surface area contributed by atoms with Crippen LogP contribution in [0.25, 0.3) is 11.0 Å². The molecule has 2 aromatic rings. The standard InChI is InChI=1S/C10H6Cl2O3/c11-6-2-7(12)10-5(1-9(13)14)4-15-8(10)3-6/h2-4H,1H2,(H,13,14). The van der Waals surface area contributed by atoms with Crippen LogP contribution in [-0.4, -0.2) is 11.1 Å². The average Bonchev–Trinajstić information content (AvgIpc) is 2.46. The van der Waals surface area contributed by atoms with E-state index in [0.717, 1.165) is 0 Å². The van der Waals surface area contributed by atoms with Gasteiger partial charge >= 0.3 is 5.97 Å². The summed E-state index contributed by atoms with van der Waals surface area (Å²) in [6.45, 7) is 0. The van der Waals surface area contributed by atoms with E-state index in [1.807, 2.05) is 0 Å². The van der Waals surface area contributed by atoms with Gasteiger partial charge in [0.05, 0.1) is 17.7 Å². The van der Waals surface area contributed by atoms with E-state index in [1.54, 1.807) is 12.1 Å². The number of hydrogen-bond acceptors (Lipinski definition) is 2. The van der Waals surface area contributed by atoms with E-state index >= 15 is 0 Å². The third-order valence-electron chi connectivity index (χ3n) is 2.01. The zero-order valence-corrected chi connectivity index (χ0v) is 8.97. The smallest absolute Gasteiger partial charge is 0.307 e. The summed E-state index contributed by atoms with van der Waals surface area (Å²) in [5, 5.41) is 10.2. The molecule has 0 aliphatic carbocycles. The Labute approximate surface area is 95.2 Å². The van der Waals surface area contributed by atoms with Crippen molar-refractivity contribution in [3.05, 3.63) is 34.0 Å². The molecular formula is C10H6Cl2O3. The number of carboxylic acid groups (broad SMARTS) is 1. The Morgan fingerprint density at radius 2 is 2.13 bits per heavy atom. The van der Waals surface area contributed by atoms with Gasteiger partial charge in [-0.3, -0.25) is 4.79 Å². The van der Waals surface area contributed by atoms with E-state index in [0.29, 0.717) is 26.6 Å². The third-order valence-corrected chi connectivity index (χ3v) is 2.53. The lowest BCUT2D eigenvalue weighted by atomic mass is 10.1. The van der Waals surface area contributed by atoms with Crippen molar-refractivity contribution in [2.24, 2.45) is 0 Å². The Bertz CT molecular complexity index is 531. The molecule has 0 unspecified atom stereocenters. The summed E-state index contributed by atoms with van der Waals surface area (Å²) in [6, 6.07) is 3.17. The fourth-order valence-corrected chi connectivity index (χ4v) is 2.04. The van der Waals surface area contributed by atoms with E-state index in [-0.39, 0.29) is 6.42 Å². The van der Waals surface area contributed by atoms with Crippen LogP contribution >= 0.6 is 23.2 Å². The molecule has 2 rings (SSSR count). The van der Waals surface area contributed by atoms with Gasteiger partial charge in [0.25, 0.3) is 0 Å². The van der Waals surface area contributed by atoms with Gasteiger partial charge in [-0.05, 0) is 6.07 Å². The predicted octanol–water partition coefficient (Wildman–Crippen LogP) is 3.37. The minimum atomic E-state index is -0.927. The molecule has 0 aliphatic rings. The van der Waals surface area contributed by atoms with Crippen molar-refractivity contribution >= 4 is 40.1 Å². The maximum atomic E-state index is 10.6. The molecule has 0 amide bonds. The first-order chi connectivity index (χ1) is 7.08. The van der Waals surface area contributed by atoms with Crippen LogP contribution in [0.3, 0.4) is 0 Å². The largest absolute Gasteiger partial charge is 0.481 e. The quantitative estimate of drug-likeness (QED) is 0.882. The highest BCUT2D eigenvalue weighted by molar-refractivity contribution is 6.38. The second-order valence-corrected chi connectivity index (χ2v) is 3.94. The Hall–Kier alpha value is -1.19. The second kappa shape index (κ2) is 3.76. The number of aliphatic carboxylic acids is 1. The van der Waals surface area contributed by atoms with Crippen LogP contribution in [0.2, 0.25) is 10.0 Å². The van der Waals surface area contributed by atoms with Crippen molar-refractivity contribution < 1.29 is 14.3 Å². The zero-order valence-electron chi connectivity index (χ0n) is 7.46. The Kier molecular flexibility index (Phi) is 2.59. The summed E-state index contributed by atoms with van der Waals surface area (Å²) in [5.74, 6) is -0.927. The number of rotatable bonds is 2. The van der Waals surface area contributed by atoms with Crippen LogP contribution < -0.4 is 0 Å². The fourth-order valence-electron chi connectivity index (χ4n) is 1.44. The molecule has 5 heteroatoms. The molecule has 1 aromatic carbocycles. The molecule has 0 bridgehead atoms. The minimum absolute atomic E-state index is 0.117. The van der Waals surface area contributed by atoms with Gasteiger partial charge in [-0.2, -0.15) is 0 Å². The molecule has 1 N–H and O–H groups in total. The van der Waals surface area contributed by atoms with Gasteiger partial charge < -0.3 is 9.52 Å². The Morgan fingerprint density at radius 3 is 2.80 bits per heavy atom. The van der Waals surface area contributed by atoms with Crippen LogP contribution in [0.5, 0.6) is 0 Å². The van der Waals surface area contributed by atoms with Gasteiger partial charge in [0, 0.05) is 22.0 Å². The van der Waals surface area contributed by atoms with Crippen LogP contribution in [0, 0.1) is 0 Å². The van der Waals surface area contributed by atoms with Gasteiger partial charge in [0.2, 0.25) is 0 Å². The average molecular weight is 245 g/mol. The van der Waals surface area contributed by atoms with E-state index in [9.17, 15) is 4.79 Å². The van der Waals surface area contributed by atoms with Crippen molar-refractivity contribution in [1.29, 1.82) is 0 Å². The second-order valence-electron chi connectivity index (χ2n) is 3.09. The summed E-state index contributed by atoms with van der Waals surface area (Å²) in [5.41, 5.74) is 1.06. The molecule has 0 saturated heterocycles. The number of benzene rings is 1. The molecular weight excluding hydrogens is 239 g/mol. The van der Waals surface area contributed by atoms with E-state index in [1.165, 1.54) is 6.26 Å². The molecule has 15 heavy (non-hydrogen) atoms. The van der Waals surface area contributed by atoms with Crippen LogP contribution in [0.1, 0.15) is 5.56 Å². The molecule has 0 spiro atoms.